The van der Waals surface area contributed by atoms with Crippen molar-refractivity contribution < 1.29 is 23.2 Å². The monoisotopic (exact) mass is 356 g/mol. The Hall–Kier alpha value is -2.18. The molecule has 0 aliphatic carbocycles. The highest BCUT2D eigenvalue weighted by molar-refractivity contribution is 6.62. The van der Waals surface area contributed by atoms with Gasteiger partial charge < -0.3 is 14.0 Å². The first-order chi connectivity index (χ1) is 12.2. The topological polar surface area (TPSA) is 44.8 Å². The summed E-state index contributed by atoms with van der Waals surface area (Å²) in [7, 11) is 0.865. The smallest absolute Gasteiger partial charge is 0.494 e. The van der Waals surface area contributed by atoms with Crippen LogP contribution in [0.4, 0.5) is 4.39 Å². The Morgan fingerprint density at radius 1 is 1.00 bits per heavy atom. The van der Waals surface area contributed by atoms with Crippen LogP contribution in [-0.4, -0.2) is 31.2 Å². The quantitative estimate of drug-likeness (QED) is 0.623. The molecule has 2 aromatic carbocycles. The first kappa shape index (κ1) is 18.6. The summed E-state index contributed by atoms with van der Waals surface area (Å²) in [5.41, 5.74) is 0.308. The van der Waals surface area contributed by atoms with Crippen LogP contribution >= 0.6 is 0 Å². The number of ether oxygens (including phenoxy) is 1. The fourth-order valence-corrected chi connectivity index (χ4v) is 2.77. The summed E-state index contributed by atoms with van der Waals surface area (Å²) in [4.78, 5) is 12.6. The molecule has 0 aromatic heterocycles. The summed E-state index contributed by atoms with van der Waals surface area (Å²) in [5.74, 6) is -1.01. The van der Waals surface area contributed by atoms with E-state index in [9.17, 15) is 9.18 Å². The maximum Gasteiger partial charge on any atom is 0.494 e. The molecule has 0 amide bonds. The summed E-state index contributed by atoms with van der Waals surface area (Å²) in [6, 6.07) is 11.4. The number of methoxy groups -OCH3 is 1. The molecule has 1 fully saturated rings. The average molecular weight is 356 g/mol. The normalized spacial score (nSPS) is 18.0. The molecule has 136 valence electrons. The lowest BCUT2D eigenvalue weighted by Crippen LogP contribution is -2.41. The summed E-state index contributed by atoms with van der Waals surface area (Å²) in [6.07, 6.45) is 0. The van der Waals surface area contributed by atoms with Crippen LogP contribution < -0.4 is 10.2 Å². The number of carbonyl (C=O) groups is 1. The van der Waals surface area contributed by atoms with Crippen LogP contribution in [0.5, 0.6) is 5.75 Å². The van der Waals surface area contributed by atoms with Gasteiger partial charge in [0.2, 0.25) is 0 Å². The Kier molecular flexibility index (Phi) is 4.67. The van der Waals surface area contributed by atoms with Crippen LogP contribution in [0.3, 0.4) is 0 Å². The zero-order chi connectivity index (χ0) is 19.1. The van der Waals surface area contributed by atoms with E-state index in [1.54, 1.807) is 30.3 Å². The second kappa shape index (κ2) is 6.52. The number of carbonyl (C=O) groups excluding carboxylic acids is 1. The number of benzene rings is 2. The van der Waals surface area contributed by atoms with Gasteiger partial charge in [-0.3, -0.25) is 4.79 Å². The molecule has 1 heterocycles. The van der Waals surface area contributed by atoms with Crippen molar-refractivity contribution in [1.29, 1.82) is 0 Å². The first-order valence-electron chi connectivity index (χ1n) is 8.49. The lowest BCUT2D eigenvalue weighted by atomic mass is 9.78. The van der Waals surface area contributed by atoms with Gasteiger partial charge in [0.25, 0.3) is 0 Å². The minimum Gasteiger partial charge on any atom is -0.494 e. The van der Waals surface area contributed by atoms with Gasteiger partial charge in [-0.25, -0.2) is 4.39 Å². The molecule has 0 bridgehead atoms. The van der Waals surface area contributed by atoms with E-state index in [0.717, 1.165) is 5.46 Å². The Morgan fingerprint density at radius 3 is 2.12 bits per heavy atom. The number of hydrogen-bond donors (Lipinski definition) is 0. The lowest BCUT2D eigenvalue weighted by molar-refractivity contribution is 0.00578. The van der Waals surface area contributed by atoms with Gasteiger partial charge in [0.05, 0.1) is 23.9 Å². The SMILES string of the molecule is COc1cccc(C(=O)c2ccc(B3OC(C)(C)C(C)(C)O3)cc2)c1F. The molecule has 6 heteroatoms. The fourth-order valence-electron chi connectivity index (χ4n) is 2.77. The first-order valence-corrected chi connectivity index (χ1v) is 8.49. The van der Waals surface area contributed by atoms with Crippen LogP contribution in [0.25, 0.3) is 0 Å². The van der Waals surface area contributed by atoms with Crippen LogP contribution in [0.1, 0.15) is 43.6 Å². The zero-order valence-corrected chi connectivity index (χ0v) is 15.6. The molecule has 0 unspecified atom stereocenters. The standard InChI is InChI=1S/C20H22BFO4/c1-19(2)20(3,4)26-21(25-19)14-11-9-13(10-12-14)18(23)15-7-6-8-16(24-5)17(15)22/h6-12H,1-5H3. The molecule has 26 heavy (non-hydrogen) atoms. The van der Waals surface area contributed by atoms with Crippen molar-refractivity contribution in [2.24, 2.45) is 0 Å². The van der Waals surface area contributed by atoms with E-state index >= 15 is 0 Å². The highest BCUT2D eigenvalue weighted by atomic mass is 19.1. The van der Waals surface area contributed by atoms with E-state index in [-0.39, 0.29) is 11.3 Å². The van der Waals surface area contributed by atoms with Crippen molar-refractivity contribution >= 4 is 18.4 Å². The lowest BCUT2D eigenvalue weighted by Gasteiger charge is -2.32. The average Bonchev–Trinajstić information content (AvgIpc) is 2.82. The molecule has 0 atom stereocenters. The molecular formula is C20H22BFO4. The van der Waals surface area contributed by atoms with E-state index in [2.05, 4.69) is 0 Å². The highest BCUT2D eigenvalue weighted by Crippen LogP contribution is 2.36. The maximum atomic E-state index is 14.3. The Balaban J connectivity index is 1.84. The van der Waals surface area contributed by atoms with Crippen molar-refractivity contribution in [2.45, 2.75) is 38.9 Å². The molecule has 1 aliphatic heterocycles. The van der Waals surface area contributed by atoms with E-state index in [0.29, 0.717) is 5.56 Å². The van der Waals surface area contributed by atoms with Gasteiger partial charge in [0, 0.05) is 5.56 Å². The third-order valence-electron chi connectivity index (χ3n) is 5.13. The van der Waals surface area contributed by atoms with Gasteiger partial charge in [0.1, 0.15) is 0 Å². The summed E-state index contributed by atoms with van der Waals surface area (Å²) < 4.78 is 31.3. The van der Waals surface area contributed by atoms with Crippen molar-refractivity contribution in [2.75, 3.05) is 7.11 Å². The Labute approximate surface area is 153 Å². The minimum atomic E-state index is -0.657. The van der Waals surface area contributed by atoms with Crippen LogP contribution in [0.2, 0.25) is 0 Å². The van der Waals surface area contributed by atoms with Crippen molar-refractivity contribution in [3.8, 4) is 5.75 Å². The van der Waals surface area contributed by atoms with E-state index < -0.39 is 29.9 Å². The second-order valence-electron chi connectivity index (χ2n) is 7.36. The molecule has 4 nitrogen and oxygen atoms in total. The van der Waals surface area contributed by atoms with Gasteiger partial charge >= 0.3 is 7.12 Å². The summed E-state index contributed by atoms with van der Waals surface area (Å²) >= 11 is 0. The molecule has 3 rings (SSSR count). The zero-order valence-electron chi connectivity index (χ0n) is 15.6. The molecule has 0 spiro atoms. The third kappa shape index (κ3) is 3.15. The summed E-state index contributed by atoms with van der Waals surface area (Å²) in [5, 5.41) is 0. The minimum absolute atomic E-state index is 0.0206. The van der Waals surface area contributed by atoms with E-state index in [1.165, 1.54) is 19.2 Å². The fraction of sp³-hybridized carbons (Fsp3) is 0.350. The van der Waals surface area contributed by atoms with Crippen molar-refractivity contribution in [3.63, 3.8) is 0 Å². The van der Waals surface area contributed by atoms with Gasteiger partial charge in [-0.15, -0.1) is 0 Å². The maximum absolute atomic E-state index is 14.3. The van der Waals surface area contributed by atoms with Crippen LogP contribution in [0, 0.1) is 5.82 Å². The van der Waals surface area contributed by atoms with E-state index in [4.69, 9.17) is 14.0 Å². The Bertz CT molecular complexity index is 814. The van der Waals surface area contributed by atoms with Crippen molar-refractivity contribution in [1.82, 2.24) is 0 Å². The Morgan fingerprint density at radius 2 is 1.58 bits per heavy atom. The molecule has 0 saturated carbocycles. The molecular weight excluding hydrogens is 334 g/mol. The van der Waals surface area contributed by atoms with Crippen LogP contribution in [0.15, 0.2) is 42.5 Å². The second-order valence-corrected chi connectivity index (χ2v) is 7.36. The van der Waals surface area contributed by atoms with Gasteiger partial charge in [0.15, 0.2) is 17.3 Å². The van der Waals surface area contributed by atoms with Gasteiger partial charge in [-0.1, -0.05) is 30.3 Å². The molecule has 2 aromatic rings. The number of hydrogen-bond acceptors (Lipinski definition) is 4. The predicted octanol–water partition coefficient (Wildman–Crippen LogP) is 3.36. The number of ketones is 1. The van der Waals surface area contributed by atoms with Crippen LogP contribution in [-0.2, 0) is 9.31 Å². The predicted molar refractivity (Wildman–Crippen MR) is 98.5 cm³/mol. The van der Waals surface area contributed by atoms with Gasteiger partial charge in [-0.2, -0.15) is 0 Å². The van der Waals surface area contributed by atoms with Crippen molar-refractivity contribution in [3.05, 3.63) is 59.4 Å². The molecule has 0 N–H and O–H groups in total. The van der Waals surface area contributed by atoms with E-state index in [1.807, 2.05) is 27.7 Å². The number of rotatable bonds is 4. The molecule has 1 aliphatic rings. The molecule has 1 saturated heterocycles. The largest absolute Gasteiger partial charge is 0.494 e. The highest BCUT2D eigenvalue weighted by Gasteiger charge is 2.51. The molecule has 0 radical (unpaired) electrons. The number of halogens is 1. The summed E-state index contributed by atoms with van der Waals surface area (Å²) in [6.45, 7) is 7.93. The van der Waals surface area contributed by atoms with Gasteiger partial charge in [-0.05, 0) is 45.3 Å². The third-order valence-corrected chi connectivity index (χ3v) is 5.13.